The van der Waals surface area contributed by atoms with E-state index in [-0.39, 0.29) is 5.82 Å². The molecule has 0 heterocycles. The molecule has 0 bridgehead atoms. The molecule has 2 heteroatoms. The third-order valence-corrected chi connectivity index (χ3v) is 2.61. The maximum atomic E-state index is 13.6. The number of rotatable bonds is 4. The molecule has 0 aliphatic carbocycles. The van der Waals surface area contributed by atoms with E-state index in [1.165, 1.54) is 11.6 Å². The Bertz CT molecular complexity index is 380. The van der Waals surface area contributed by atoms with Crippen LogP contribution >= 0.6 is 0 Å². The fourth-order valence-electron chi connectivity index (χ4n) is 1.60. The van der Waals surface area contributed by atoms with Crippen LogP contribution in [0, 0.1) is 18.7 Å². The van der Waals surface area contributed by atoms with E-state index in [0.717, 1.165) is 12.1 Å². The molecule has 0 amide bonds. The largest absolute Gasteiger partial charge is 0.316 e. The van der Waals surface area contributed by atoms with Crippen LogP contribution in [-0.4, -0.2) is 13.6 Å². The zero-order chi connectivity index (χ0) is 12.1. The molecule has 0 aromatic heterocycles. The number of hydrogen-bond acceptors (Lipinski definition) is 1. The van der Waals surface area contributed by atoms with Gasteiger partial charge >= 0.3 is 0 Å². The molecule has 1 aromatic rings. The van der Waals surface area contributed by atoms with Gasteiger partial charge < -0.3 is 5.32 Å². The number of nitrogens with one attached hydrogen (secondary N) is 1. The van der Waals surface area contributed by atoms with Gasteiger partial charge in [0.05, 0.1) is 0 Å². The van der Waals surface area contributed by atoms with Crippen molar-refractivity contribution in [3.63, 3.8) is 0 Å². The summed E-state index contributed by atoms with van der Waals surface area (Å²) < 4.78 is 13.6. The third kappa shape index (κ3) is 3.46. The lowest BCUT2D eigenvalue weighted by Crippen LogP contribution is -2.14. The van der Waals surface area contributed by atoms with Gasteiger partial charge in [0.2, 0.25) is 0 Å². The second-order valence-electron chi connectivity index (χ2n) is 4.43. The molecule has 0 aliphatic heterocycles. The highest BCUT2D eigenvalue weighted by atomic mass is 19.1. The van der Waals surface area contributed by atoms with Gasteiger partial charge in [0.1, 0.15) is 5.82 Å². The Balaban J connectivity index is 3.06. The maximum Gasteiger partial charge on any atom is 0.130 e. The molecular weight excluding hydrogens is 201 g/mol. The topological polar surface area (TPSA) is 12.0 Å². The Hall–Kier alpha value is -1.15. The van der Waals surface area contributed by atoms with Crippen molar-refractivity contribution >= 4 is 6.08 Å². The summed E-state index contributed by atoms with van der Waals surface area (Å²) in [5.74, 6) is 0.271. The van der Waals surface area contributed by atoms with E-state index in [9.17, 15) is 4.39 Å². The summed E-state index contributed by atoms with van der Waals surface area (Å²) in [4.78, 5) is 0. The van der Waals surface area contributed by atoms with Gasteiger partial charge in [-0.15, -0.1) is 0 Å². The van der Waals surface area contributed by atoms with Gasteiger partial charge in [0, 0.05) is 12.1 Å². The summed E-state index contributed by atoms with van der Waals surface area (Å²) >= 11 is 0. The van der Waals surface area contributed by atoms with Gasteiger partial charge in [0.15, 0.2) is 0 Å². The van der Waals surface area contributed by atoms with Crippen molar-refractivity contribution in [2.24, 2.45) is 5.92 Å². The minimum Gasteiger partial charge on any atom is -0.316 e. The fraction of sp³-hybridized carbons (Fsp3) is 0.429. The van der Waals surface area contributed by atoms with E-state index in [1.54, 1.807) is 6.07 Å². The molecule has 1 N–H and O–H groups in total. The van der Waals surface area contributed by atoms with Crippen LogP contribution in [0.3, 0.4) is 0 Å². The number of halogens is 1. The molecule has 0 saturated heterocycles. The van der Waals surface area contributed by atoms with Crippen molar-refractivity contribution < 1.29 is 4.39 Å². The van der Waals surface area contributed by atoms with Gasteiger partial charge in [-0.05, 0) is 32.0 Å². The molecular formula is C14H20FN. The highest BCUT2D eigenvalue weighted by Gasteiger charge is 2.05. The van der Waals surface area contributed by atoms with E-state index in [0.29, 0.717) is 11.5 Å². The fourth-order valence-corrected chi connectivity index (χ4v) is 1.60. The SMILES string of the molecule is CNC/C(=C/c1cc(C)ccc1F)C(C)C. The van der Waals surface area contributed by atoms with E-state index >= 15 is 0 Å². The van der Waals surface area contributed by atoms with Crippen molar-refractivity contribution in [2.45, 2.75) is 20.8 Å². The van der Waals surface area contributed by atoms with Crippen molar-refractivity contribution in [1.82, 2.24) is 5.32 Å². The number of hydrogen-bond donors (Lipinski definition) is 1. The Morgan fingerprint density at radius 1 is 1.44 bits per heavy atom. The Morgan fingerprint density at radius 3 is 2.69 bits per heavy atom. The normalized spacial score (nSPS) is 12.2. The highest BCUT2D eigenvalue weighted by Crippen LogP contribution is 2.17. The summed E-state index contributed by atoms with van der Waals surface area (Å²) in [6, 6.07) is 5.20. The molecule has 0 fully saturated rings. The van der Waals surface area contributed by atoms with Crippen LogP contribution in [-0.2, 0) is 0 Å². The first-order valence-electron chi connectivity index (χ1n) is 5.65. The van der Waals surface area contributed by atoms with E-state index in [1.807, 2.05) is 26.1 Å². The molecule has 1 nitrogen and oxygen atoms in total. The molecule has 0 atom stereocenters. The van der Waals surface area contributed by atoms with Gasteiger partial charge in [0.25, 0.3) is 0 Å². The quantitative estimate of drug-likeness (QED) is 0.821. The first-order valence-corrected chi connectivity index (χ1v) is 5.65. The van der Waals surface area contributed by atoms with Gasteiger partial charge in [-0.3, -0.25) is 0 Å². The lowest BCUT2D eigenvalue weighted by Gasteiger charge is -2.11. The standard InChI is InChI=1S/C14H20FN/c1-10(2)13(9-16-4)8-12-7-11(3)5-6-14(12)15/h5-8,10,16H,9H2,1-4H3/b13-8-. The lowest BCUT2D eigenvalue weighted by molar-refractivity contribution is 0.623. The minimum absolute atomic E-state index is 0.153. The first kappa shape index (κ1) is 12.9. The molecule has 1 rings (SSSR count). The molecule has 0 unspecified atom stereocenters. The monoisotopic (exact) mass is 221 g/mol. The summed E-state index contributed by atoms with van der Waals surface area (Å²) in [6.07, 6.45) is 1.95. The average molecular weight is 221 g/mol. The number of benzene rings is 1. The van der Waals surface area contributed by atoms with Crippen molar-refractivity contribution in [3.8, 4) is 0 Å². The number of likely N-dealkylation sites (N-methyl/N-ethyl adjacent to an activating group) is 1. The molecule has 0 radical (unpaired) electrons. The molecule has 1 aromatic carbocycles. The van der Waals surface area contributed by atoms with Gasteiger partial charge in [-0.2, -0.15) is 0 Å². The Morgan fingerprint density at radius 2 is 2.12 bits per heavy atom. The third-order valence-electron chi connectivity index (χ3n) is 2.61. The van der Waals surface area contributed by atoms with Crippen LogP contribution in [0.25, 0.3) is 6.08 Å². The molecule has 0 aliphatic rings. The molecule has 88 valence electrons. The summed E-state index contributed by atoms with van der Waals surface area (Å²) in [5, 5.41) is 3.11. The van der Waals surface area contributed by atoms with Crippen molar-refractivity contribution in [2.75, 3.05) is 13.6 Å². The first-order chi connectivity index (χ1) is 7.54. The number of aryl methyl sites for hydroxylation is 1. The maximum absolute atomic E-state index is 13.6. The van der Waals surface area contributed by atoms with Crippen LogP contribution in [0.4, 0.5) is 4.39 Å². The minimum atomic E-state index is -0.153. The second-order valence-corrected chi connectivity index (χ2v) is 4.43. The van der Waals surface area contributed by atoms with E-state index in [2.05, 4.69) is 19.2 Å². The van der Waals surface area contributed by atoms with Crippen molar-refractivity contribution in [3.05, 3.63) is 40.7 Å². The zero-order valence-corrected chi connectivity index (χ0v) is 10.5. The van der Waals surface area contributed by atoms with Crippen LogP contribution in [0.15, 0.2) is 23.8 Å². The van der Waals surface area contributed by atoms with Crippen molar-refractivity contribution in [1.29, 1.82) is 0 Å². The van der Waals surface area contributed by atoms with Crippen LogP contribution in [0.2, 0.25) is 0 Å². The van der Waals surface area contributed by atoms with E-state index < -0.39 is 0 Å². The summed E-state index contributed by atoms with van der Waals surface area (Å²) in [6.45, 7) is 7.02. The Kier molecular flexibility index (Phi) is 4.69. The summed E-state index contributed by atoms with van der Waals surface area (Å²) in [5.41, 5.74) is 2.98. The van der Waals surface area contributed by atoms with Crippen LogP contribution < -0.4 is 5.32 Å². The van der Waals surface area contributed by atoms with Gasteiger partial charge in [-0.1, -0.05) is 37.1 Å². The van der Waals surface area contributed by atoms with Crippen LogP contribution in [0.5, 0.6) is 0 Å². The Labute approximate surface area is 97.4 Å². The van der Waals surface area contributed by atoms with E-state index in [4.69, 9.17) is 0 Å². The zero-order valence-electron chi connectivity index (χ0n) is 10.5. The smallest absolute Gasteiger partial charge is 0.130 e. The molecule has 0 saturated carbocycles. The van der Waals surface area contributed by atoms with Gasteiger partial charge in [-0.25, -0.2) is 4.39 Å². The summed E-state index contributed by atoms with van der Waals surface area (Å²) in [7, 11) is 1.91. The molecule has 0 spiro atoms. The lowest BCUT2D eigenvalue weighted by atomic mass is 9.99. The average Bonchev–Trinajstić information content (AvgIpc) is 2.22. The molecule has 16 heavy (non-hydrogen) atoms. The predicted octanol–water partition coefficient (Wildman–Crippen LogP) is 3.39. The predicted molar refractivity (Wildman–Crippen MR) is 67.9 cm³/mol. The highest BCUT2D eigenvalue weighted by molar-refractivity contribution is 5.55. The second kappa shape index (κ2) is 5.80. The van der Waals surface area contributed by atoms with Crippen LogP contribution in [0.1, 0.15) is 25.0 Å².